The van der Waals surface area contributed by atoms with Crippen LogP contribution >= 0.6 is 0 Å². The molecule has 0 saturated heterocycles. The maximum absolute atomic E-state index is 12.6. The minimum atomic E-state index is -1.03. The number of carboxylic acids is 1. The third-order valence-electron chi connectivity index (χ3n) is 3.88. The highest BCUT2D eigenvalue weighted by Crippen LogP contribution is 2.34. The summed E-state index contributed by atoms with van der Waals surface area (Å²) in [7, 11) is 0. The van der Waals surface area contributed by atoms with Gasteiger partial charge in [0.1, 0.15) is 11.4 Å². The molecule has 1 aromatic carbocycles. The molecule has 6 nitrogen and oxygen atoms in total. The topological polar surface area (TPSA) is 84.9 Å². The second-order valence-electron chi connectivity index (χ2n) is 5.71. The smallest absolute Gasteiger partial charge is 0.341 e. The number of rotatable bonds is 8. The minimum absolute atomic E-state index is 0.109. The highest BCUT2D eigenvalue weighted by molar-refractivity contribution is 5.97. The number of ether oxygens (including phenoxy) is 2. The molecule has 0 atom stereocenters. The Bertz CT molecular complexity index is 534. The third kappa shape index (κ3) is 4.69. The van der Waals surface area contributed by atoms with Crippen LogP contribution in [-0.4, -0.2) is 35.8 Å². The number of hydrogen-bond acceptors (Lipinski definition) is 4. The van der Waals surface area contributed by atoms with Gasteiger partial charge < -0.3 is 19.9 Å². The number of anilines is 1. The Morgan fingerprint density at radius 1 is 1.22 bits per heavy atom. The number of carboxylic acid groups (broad SMARTS) is 1. The first-order valence-corrected chi connectivity index (χ1v) is 7.96. The van der Waals surface area contributed by atoms with E-state index in [9.17, 15) is 9.59 Å². The standard InChI is InChI=1S/C17H23NO5/c1-2-11-23-17(9-3-4-10-17)16(21)18-13-5-7-14(8-6-13)22-12-15(19)20/h5-8H,2-4,9-12H2,1H3,(H,18,21)(H,19,20). The summed E-state index contributed by atoms with van der Waals surface area (Å²) in [5, 5.41) is 11.5. The molecule has 0 unspecified atom stereocenters. The van der Waals surface area contributed by atoms with Crippen LogP contribution in [0.4, 0.5) is 5.69 Å². The van der Waals surface area contributed by atoms with Crippen LogP contribution in [0.2, 0.25) is 0 Å². The first-order chi connectivity index (χ1) is 11.1. The zero-order valence-electron chi connectivity index (χ0n) is 13.3. The molecular formula is C17H23NO5. The monoisotopic (exact) mass is 321 g/mol. The Kier molecular flexibility index (Phi) is 5.98. The van der Waals surface area contributed by atoms with E-state index in [-0.39, 0.29) is 12.5 Å². The molecule has 1 fully saturated rings. The quantitative estimate of drug-likeness (QED) is 0.769. The van der Waals surface area contributed by atoms with Gasteiger partial charge in [0.05, 0.1) is 0 Å². The van der Waals surface area contributed by atoms with Crippen molar-refractivity contribution < 1.29 is 24.2 Å². The molecule has 6 heteroatoms. The maximum Gasteiger partial charge on any atom is 0.341 e. The number of amides is 1. The van der Waals surface area contributed by atoms with E-state index >= 15 is 0 Å². The number of aliphatic carboxylic acids is 1. The summed E-state index contributed by atoms with van der Waals surface area (Å²) in [6, 6.07) is 6.65. The van der Waals surface area contributed by atoms with Crippen LogP contribution in [0, 0.1) is 0 Å². The van der Waals surface area contributed by atoms with Gasteiger partial charge in [-0.25, -0.2) is 4.79 Å². The van der Waals surface area contributed by atoms with Crippen molar-refractivity contribution in [2.75, 3.05) is 18.5 Å². The third-order valence-corrected chi connectivity index (χ3v) is 3.88. The van der Waals surface area contributed by atoms with Crippen molar-refractivity contribution in [2.24, 2.45) is 0 Å². The van der Waals surface area contributed by atoms with Crippen molar-refractivity contribution in [3.05, 3.63) is 24.3 Å². The summed E-state index contributed by atoms with van der Waals surface area (Å²) in [6.45, 7) is 2.21. The van der Waals surface area contributed by atoms with E-state index in [1.165, 1.54) is 0 Å². The molecular weight excluding hydrogens is 298 g/mol. The number of benzene rings is 1. The molecule has 23 heavy (non-hydrogen) atoms. The highest BCUT2D eigenvalue weighted by Gasteiger charge is 2.42. The predicted molar refractivity (Wildman–Crippen MR) is 85.6 cm³/mol. The Morgan fingerprint density at radius 3 is 2.43 bits per heavy atom. The highest BCUT2D eigenvalue weighted by atomic mass is 16.5. The van der Waals surface area contributed by atoms with E-state index < -0.39 is 11.6 Å². The first kappa shape index (κ1) is 17.3. The molecule has 2 N–H and O–H groups in total. The van der Waals surface area contributed by atoms with Crippen LogP contribution in [0.15, 0.2) is 24.3 Å². The van der Waals surface area contributed by atoms with Crippen LogP contribution in [0.1, 0.15) is 39.0 Å². The van der Waals surface area contributed by atoms with Crippen molar-refractivity contribution in [3.8, 4) is 5.75 Å². The molecule has 0 spiro atoms. The van der Waals surface area contributed by atoms with Gasteiger partial charge in [-0.2, -0.15) is 0 Å². The number of hydrogen-bond donors (Lipinski definition) is 2. The summed E-state index contributed by atoms with van der Waals surface area (Å²) >= 11 is 0. The fraction of sp³-hybridized carbons (Fsp3) is 0.529. The molecule has 0 aliphatic heterocycles. The van der Waals surface area contributed by atoms with Crippen molar-refractivity contribution >= 4 is 17.6 Å². The van der Waals surface area contributed by atoms with Gasteiger partial charge in [-0.1, -0.05) is 6.92 Å². The Morgan fingerprint density at radius 2 is 1.87 bits per heavy atom. The minimum Gasteiger partial charge on any atom is -0.482 e. The largest absolute Gasteiger partial charge is 0.482 e. The summed E-state index contributed by atoms with van der Waals surface area (Å²) in [5.74, 6) is -0.690. The van der Waals surface area contributed by atoms with Crippen molar-refractivity contribution in [2.45, 2.75) is 44.6 Å². The van der Waals surface area contributed by atoms with E-state index in [0.717, 1.165) is 32.1 Å². The second-order valence-corrected chi connectivity index (χ2v) is 5.71. The second kappa shape index (κ2) is 7.97. The van der Waals surface area contributed by atoms with Gasteiger partial charge in [-0.3, -0.25) is 4.79 Å². The zero-order chi connectivity index (χ0) is 16.7. The molecule has 0 heterocycles. The Labute approximate surface area is 135 Å². The maximum atomic E-state index is 12.6. The molecule has 0 radical (unpaired) electrons. The molecule has 1 aliphatic carbocycles. The van der Waals surface area contributed by atoms with Crippen molar-refractivity contribution in [1.82, 2.24) is 0 Å². The zero-order valence-corrected chi connectivity index (χ0v) is 13.3. The summed E-state index contributed by atoms with van der Waals surface area (Å²) in [4.78, 5) is 23.1. The van der Waals surface area contributed by atoms with Gasteiger partial charge in [0.2, 0.25) is 0 Å². The average Bonchev–Trinajstić information content (AvgIpc) is 3.02. The molecule has 126 valence electrons. The SMILES string of the molecule is CCCOC1(C(=O)Nc2ccc(OCC(=O)O)cc2)CCCC1. The Hall–Kier alpha value is -2.08. The van der Waals surface area contributed by atoms with E-state index in [1.807, 2.05) is 6.92 Å². The average molecular weight is 321 g/mol. The lowest BCUT2D eigenvalue weighted by atomic mass is 10.0. The van der Waals surface area contributed by atoms with Crippen LogP contribution < -0.4 is 10.1 Å². The van der Waals surface area contributed by atoms with Crippen LogP contribution in [-0.2, 0) is 14.3 Å². The van der Waals surface area contributed by atoms with Crippen LogP contribution in [0.5, 0.6) is 5.75 Å². The summed E-state index contributed by atoms with van der Waals surface area (Å²) in [5.41, 5.74) is -0.0712. The lowest BCUT2D eigenvalue weighted by molar-refractivity contribution is -0.141. The normalized spacial score (nSPS) is 16.0. The number of carbonyl (C=O) groups is 2. The lowest BCUT2D eigenvalue weighted by Gasteiger charge is -2.28. The molecule has 1 aliphatic rings. The molecule has 1 aromatic rings. The summed E-state index contributed by atoms with van der Waals surface area (Å²) < 4.78 is 10.9. The van der Waals surface area contributed by atoms with Crippen molar-refractivity contribution in [1.29, 1.82) is 0 Å². The van der Waals surface area contributed by atoms with Gasteiger partial charge in [0.15, 0.2) is 6.61 Å². The van der Waals surface area contributed by atoms with Crippen LogP contribution in [0.25, 0.3) is 0 Å². The fourth-order valence-electron chi connectivity index (χ4n) is 2.71. The summed E-state index contributed by atoms with van der Waals surface area (Å²) in [6.07, 6.45) is 4.38. The molecule has 0 bridgehead atoms. The number of carbonyl (C=O) groups excluding carboxylic acids is 1. The Balaban J connectivity index is 1.97. The van der Waals surface area contributed by atoms with Crippen LogP contribution in [0.3, 0.4) is 0 Å². The van der Waals surface area contributed by atoms with E-state index in [2.05, 4.69) is 5.32 Å². The molecule has 1 amide bonds. The first-order valence-electron chi connectivity index (χ1n) is 7.96. The van der Waals surface area contributed by atoms with E-state index in [1.54, 1.807) is 24.3 Å². The van der Waals surface area contributed by atoms with Gasteiger partial charge in [0.25, 0.3) is 5.91 Å². The fourth-order valence-corrected chi connectivity index (χ4v) is 2.71. The van der Waals surface area contributed by atoms with Gasteiger partial charge in [-0.15, -0.1) is 0 Å². The lowest BCUT2D eigenvalue weighted by Crippen LogP contribution is -2.43. The molecule has 1 saturated carbocycles. The van der Waals surface area contributed by atoms with Gasteiger partial charge in [0, 0.05) is 12.3 Å². The molecule has 2 rings (SSSR count). The molecule has 0 aromatic heterocycles. The predicted octanol–water partition coefficient (Wildman–Crippen LogP) is 2.83. The van der Waals surface area contributed by atoms with E-state index in [0.29, 0.717) is 18.0 Å². The van der Waals surface area contributed by atoms with Gasteiger partial charge in [-0.05, 0) is 56.4 Å². The number of nitrogens with one attached hydrogen (secondary N) is 1. The van der Waals surface area contributed by atoms with Gasteiger partial charge >= 0.3 is 5.97 Å². The van der Waals surface area contributed by atoms with E-state index in [4.69, 9.17) is 14.6 Å². The van der Waals surface area contributed by atoms with Crippen molar-refractivity contribution in [3.63, 3.8) is 0 Å².